The molecule has 0 fully saturated rings. The number of nitrogens with zero attached hydrogens (tertiary/aromatic N) is 1. The van der Waals surface area contributed by atoms with E-state index >= 15 is 0 Å². The first kappa shape index (κ1) is 14.4. The third-order valence-electron chi connectivity index (χ3n) is 2.48. The zero-order valence-electron chi connectivity index (χ0n) is 11.2. The summed E-state index contributed by atoms with van der Waals surface area (Å²) < 4.78 is 5.36. The molecule has 0 aliphatic heterocycles. The van der Waals surface area contributed by atoms with E-state index in [1.165, 1.54) is 5.56 Å². The summed E-state index contributed by atoms with van der Waals surface area (Å²) in [4.78, 5) is 0. The fourth-order valence-corrected chi connectivity index (χ4v) is 1.50. The summed E-state index contributed by atoms with van der Waals surface area (Å²) in [6, 6.07) is 6.04. The molecule has 5 heteroatoms. The number of hydrogen-bond acceptors (Lipinski definition) is 3. The molecule has 0 saturated heterocycles. The lowest BCUT2D eigenvalue weighted by molar-refractivity contribution is 0.412. The SMILES string of the molecule is COc1cc(C(C)(C)C)ccc1C=NNC(N)=S. The van der Waals surface area contributed by atoms with Crippen LogP contribution in [0.25, 0.3) is 0 Å². The first-order chi connectivity index (χ1) is 8.34. The summed E-state index contributed by atoms with van der Waals surface area (Å²) >= 11 is 4.66. The molecule has 0 atom stereocenters. The minimum atomic E-state index is 0.0834. The van der Waals surface area contributed by atoms with Gasteiger partial charge >= 0.3 is 0 Å². The number of thiocarbonyl (C=S) groups is 1. The van der Waals surface area contributed by atoms with Gasteiger partial charge in [-0.25, -0.2) is 0 Å². The predicted molar refractivity (Wildman–Crippen MR) is 79.2 cm³/mol. The van der Waals surface area contributed by atoms with Crippen LogP contribution in [0.1, 0.15) is 31.9 Å². The molecule has 4 nitrogen and oxygen atoms in total. The van der Waals surface area contributed by atoms with Crippen molar-refractivity contribution in [1.82, 2.24) is 5.43 Å². The largest absolute Gasteiger partial charge is 0.496 e. The van der Waals surface area contributed by atoms with Crippen molar-refractivity contribution in [3.05, 3.63) is 29.3 Å². The van der Waals surface area contributed by atoms with Gasteiger partial charge in [0.05, 0.1) is 13.3 Å². The van der Waals surface area contributed by atoms with E-state index in [0.717, 1.165) is 11.3 Å². The summed E-state index contributed by atoms with van der Waals surface area (Å²) in [6.45, 7) is 6.47. The van der Waals surface area contributed by atoms with Gasteiger partial charge in [0.2, 0.25) is 0 Å². The number of ether oxygens (including phenoxy) is 1. The molecule has 0 unspecified atom stereocenters. The zero-order chi connectivity index (χ0) is 13.8. The Balaban J connectivity index is 3.01. The van der Waals surface area contributed by atoms with E-state index in [4.69, 9.17) is 10.5 Å². The van der Waals surface area contributed by atoms with E-state index in [1.54, 1.807) is 13.3 Å². The summed E-state index contributed by atoms with van der Waals surface area (Å²) in [6.07, 6.45) is 1.63. The highest BCUT2D eigenvalue weighted by Gasteiger charge is 2.15. The van der Waals surface area contributed by atoms with Crippen molar-refractivity contribution in [2.45, 2.75) is 26.2 Å². The number of nitrogens with one attached hydrogen (secondary N) is 1. The topological polar surface area (TPSA) is 59.6 Å². The Bertz CT molecular complexity index is 464. The molecule has 0 saturated carbocycles. The van der Waals surface area contributed by atoms with Gasteiger partial charge in [0, 0.05) is 5.56 Å². The van der Waals surface area contributed by atoms with E-state index < -0.39 is 0 Å². The normalized spacial score (nSPS) is 11.6. The third kappa shape index (κ3) is 4.00. The summed E-state index contributed by atoms with van der Waals surface area (Å²) in [7, 11) is 1.64. The molecule has 1 rings (SSSR count). The van der Waals surface area contributed by atoms with Gasteiger partial charge in [0.1, 0.15) is 5.75 Å². The molecule has 0 aromatic heterocycles. The first-order valence-electron chi connectivity index (χ1n) is 5.61. The molecule has 0 aliphatic carbocycles. The van der Waals surface area contributed by atoms with E-state index in [-0.39, 0.29) is 10.5 Å². The monoisotopic (exact) mass is 265 g/mol. The van der Waals surface area contributed by atoms with Crippen LogP contribution >= 0.6 is 12.2 Å². The highest BCUT2D eigenvalue weighted by Crippen LogP contribution is 2.27. The van der Waals surface area contributed by atoms with E-state index in [2.05, 4.69) is 49.6 Å². The summed E-state index contributed by atoms with van der Waals surface area (Å²) in [5, 5.41) is 4.06. The average molecular weight is 265 g/mol. The van der Waals surface area contributed by atoms with Gasteiger partial charge in [-0.3, -0.25) is 5.43 Å². The number of benzene rings is 1. The van der Waals surface area contributed by atoms with Crippen molar-refractivity contribution in [1.29, 1.82) is 0 Å². The van der Waals surface area contributed by atoms with Crippen LogP contribution in [-0.4, -0.2) is 18.4 Å². The second kappa shape index (κ2) is 5.82. The van der Waals surface area contributed by atoms with E-state index in [0.29, 0.717) is 0 Å². The van der Waals surface area contributed by atoms with Crippen molar-refractivity contribution in [2.24, 2.45) is 10.8 Å². The zero-order valence-corrected chi connectivity index (χ0v) is 12.0. The van der Waals surface area contributed by atoms with Gasteiger partial charge in [-0.1, -0.05) is 26.8 Å². The molecule has 0 heterocycles. The minimum absolute atomic E-state index is 0.0834. The van der Waals surface area contributed by atoms with Crippen LogP contribution in [0.5, 0.6) is 5.75 Å². The van der Waals surface area contributed by atoms with Crippen molar-refractivity contribution in [2.75, 3.05) is 7.11 Å². The molecule has 0 amide bonds. The second-order valence-electron chi connectivity index (χ2n) is 4.94. The maximum absolute atomic E-state index is 5.36. The summed E-state index contributed by atoms with van der Waals surface area (Å²) in [5.41, 5.74) is 9.96. The molecule has 0 radical (unpaired) electrons. The van der Waals surface area contributed by atoms with Crippen molar-refractivity contribution in [3.63, 3.8) is 0 Å². The highest BCUT2D eigenvalue weighted by molar-refractivity contribution is 7.80. The van der Waals surface area contributed by atoms with Gasteiger partial charge in [0.25, 0.3) is 0 Å². The maximum Gasteiger partial charge on any atom is 0.184 e. The van der Waals surface area contributed by atoms with Gasteiger partial charge in [-0.2, -0.15) is 5.10 Å². The van der Waals surface area contributed by atoms with Crippen LogP contribution in [0.2, 0.25) is 0 Å². The fourth-order valence-electron chi connectivity index (χ4n) is 1.45. The van der Waals surface area contributed by atoms with Crippen molar-refractivity contribution < 1.29 is 4.74 Å². The van der Waals surface area contributed by atoms with Gasteiger partial charge in [-0.05, 0) is 35.3 Å². The van der Waals surface area contributed by atoms with E-state index in [9.17, 15) is 0 Å². The fraction of sp³-hybridized carbons (Fsp3) is 0.385. The van der Waals surface area contributed by atoms with Crippen LogP contribution in [0.3, 0.4) is 0 Å². The molecular formula is C13H19N3OS. The molecule has 3 N–H and O–H groups in total. The maximum atomic E-state index is 5.36. The number of methoxy groups -OCH3 is 1. The molecule has 18 heavy (non-hydrogen) atoms. The first-order valence-corrected chi connectivity index (χ1v) is 6.02. The van der Waals surface area contributed by atoms with Crippen LogP contribution in [0.4, 0.5) is 0 Å². The van der Waals surface area contributed by atoms with Crippen LogP contribution < -0.4 is 15.9 Å². The highest BCUT2D eigenvalue weighted by atomic mass is 32.1. The molecule has 0 spiro atoms. The third-order valence-corrected chi connectivity index (χ3v) is 2.57. The van der Waals surface area contributed by atoms with Crippen LogP contribution in [0, 0.1) is 0 Å². The Morgan fingerprint density at radius 3 is 2.61 bits per heavy atom. The Hall–Kier alpha value is -1.62. The summed E-state index contributed by atoms with van der Waals surface area (Å²) in [5.74, 6) is 0.774. The quantitative estimate of drug-likeness (QED) is 0.499. The second-order valence-corrected chi connectivity index (χ2v) is 5.38. The minimum Gasteiger partial charge on any atom is -0.496 e. The molecule has 98 valence electrons. The molecular weight excluding hydrogens is 246 g/mol. The number of hydrogen-bond donors (Lipinski definition) is 2. The Labute approximate surface area is 113 Å². The van der Waals surface area contributed by atoms with Crippen molar-refractivity contribution >= 4 is 23.5 Å². The number of nitrogens with two attached hydrogens (primary N) is 1. The molecule has 0 bridgehead atoms. The van der Waals surface area contributed by atoms with Crippen LogP contribution in [-0.2, 0) is 5.41 Å². The lowest BCUT2D eigenvalue weighted by atomic mass is 9.86. The van der Waals surface area contributed by atoms with Gasteiger partial charge < -0.3 is 10.5 Å². The smallest absolute Gasteiger partial charge is 0.184 e. The van der Waals surface area contributed by atoms with Crippen molar-refractivity contribution in [3.8, 4) is 5.75 Å². The Morgan fingerprint density at radius 2 is 2.11 bits per heavy atom. The Morgan fingerprint density at radius 1 is 1.44 bits per heavy atom. The standard InChI is InChI=1S/C13H19N3OS/c1-13(2,3)10-6-5-9(11(7-10)17-4)8-15-16-12(14)18/h5-8H,1-4H3,(H3,14,16,18). The number of rotatable bonds is 3. The Kier molecular flexibility index (Phi) is 4.67. The van der Waals surface area contributed by atoms with Crippen LogP contribution in [0.15, 0.2) is 23.3 Å². The lowest BCUT2D eigenvalue weighted by Gasteiger charge is -2.20. The molecule has 1 aromatic rings. The number of hydrazone groups is 1. The van der Waals surface area contributed by atoms with Gasteiger partial charge in [0.15, 0.2) is 5.11 Å². The lowest BCUT2D eigenvalue weighted by Crippen LogP contribution is -2.24. The average Bonchev–Trinajstić information content (AvgIpc) is 2.27. The van der Waals surface area contributed by atoms with Gasteiger partial charge in [-0.15, -0.1) is 0 Å². The van der Waals surface area contributed by atoms with E-state index in [1.807, 2.05) is 12.1 Å². The molecule has 1 aromatic carbocycles. The molecule has 0 aliphatic rings. The predicted octanol–water partition coefficient (Wildman–Crippen LogP) is 2.16.